The van der Waals surface area contributed by atoms with Crippen molar-refractivity contribution in [2.24, 2.45) is 0 Å². The van der Waals surface area contributed by atoms with Crippen molar-refractivity contribution in [3.8, 4) is 11.5 Å². The second-order valence-electron chi connectivity index (χ2n) is 10.2. The summed E-state index contributed by atoms with van der Waals surface area (Å²) < 4.78 is 18.6. The molecule has 0 bridgehead atoms. The minimum absolute atomic E-state index is 0.173. The molecule has 31 heavy (non-hydrogen) atoms. The lowest BCUT2D eigenvalue weighted by Gasteiger charge is -2.36. The summed E-state index contributed by atoms with van der Waals surface area (Å²) in [4.78, 5) is 0. The summed E-state index contributed by atoms with van der Waals surface area (Å²) in [5.41, 5.74) is 2.01. The minimum Gasteiger partial charge on any atom is -0.491 e. The van der Waals surface area contributed by atoms with Gasteiger partial charge in [-0.1, -0.05) is 36.4 Å². The average Bonchev–Trinajstić information content (AvgIpc) is 2.65. The summed E-state index contributed by atoms with van der Waals surface area (Å²) in [6.07, 6.45) is 4.07. The molecule has 0 aliphatic heterocycles. The maximum atomic E-state index is 6.63. The van der Waals surface area contributed by atoms with Crippen molar-refractivity contribution in [1.29, 1.82) is 0 Å². The van der Waals surface area contributed by atoms with E-state index in [4.69, 9.17) is 14.2 Å². The van der Waals surface area contributed by atoms with Crippen molar-refractivity contribution < 1.29 is 14.2 Å². The van der Waals surface area contributed by atoms with E-state index in [1.807, 2.05) is 12.1 Å². The maximum absolute atomic E-state index is 6.63. The minimum atomic E-state index is -0.234. The summed E-state index contributed by atoms with van der Waals surface area (Å²) in [5.74, 6) is 1.96. The van der Waals surface area contributed by atoms with Crippen LogP contribution in [0.1, 0.15) is 79.4 Å². The van der Waals surface area contributed by atoms with Crippen molar-refractivity contribution >= 4 is 0 Å². The van der Waals surface area contributed by atoms with Crippen LogP contribution in [0.25, 0.3) is 0 Å². The van der Waals surface area contributed by atoms with Crippen LogP contribution in [0.4, 0.5) is 0 Å². The number of rotatable bonds is 12. The van der Waals surface area contributed by atoms with Crippen molar-refractivity contribution in [2.45, 2.75) is 104 Å². The summed E-state index contributed by atoms with van der Waals surface area (Å²) >= 11 is 0. The zero-order valence-corrected chi connectivity index (χ0v) is 20.8. The highest BCUT2D eigenvalue weighted by atomic mass is 16.5. The molecule has 0 N–H and O–H groups in total. The van der Waals surface area contributed by atoms with E-state index in [0.29, 0.717) is 0 Å². The van der Waals surface area contributed by atoms with Crippen molar-refractivity contribution in [3.63, 3.8) is 0 Å². The number of ether oxygens (including phenoxy) is 3. The second-order valence-corrected chi connectivity index (χ2v) is 10.2. The molecule has 0 saturated heterocycles. The van der Waals surface area contributed by atoms with Gasteiger partial charge in [0.15, 0.2) is 0 Å². The van der Waals surface area contributed by atoms with E-state index in [9.17, 15) is 0 Å². The van der Waals surface area contributed by atoms with Crippen LogP contribution in [0, 0.1) is 0 Å². The molecule has 172 valence electrons. The van der Waals surface area contributed by atoms with Crippen molar-refractivity contribution in [2.75, 3.05) is 0 Å². The summed E-state index contributed by atoms with van der Waals surface area (Å²) in [5, 5.41) is 0. The first kappa shape index (κ1) is 25.3. The highest BCUT2D eigenvalue weighted by Gasteiger charge is 2.29. The van der Waals surface area contributed by atoms with Crippen LogP contribution in [0.2, 0.25) is 0 Å². The normalized spacial score (nSPS) is 12.5. The highest BCUT2D eigenvalue weighted by molar-refractivity contribution is 5.34. The van der Waals surface area contributed by atoms with E-state index >= 15 is 0 Å². The third-order valence-electron chi connectivity index (χ3n) is 5.22. The van der Waals surface area contributed by atoms with Crippen LogP contribution >= 0.6 is 0 Å². The molecule has 0 aliphatic rings. The lowest BCUT2D eigenvalue weighted by molar-refractivity contribution is -0.128. The molecule has 0 fully saturated rings. The van der Waals surface area contributed by atoms with Crippen LogP contribution < -0.4 is 9.47 Å². The summed E-state index contributed by atoms with van der Waals surface area (Å²) in [6, 6.07) is 16.7. The van der Waals surface area contributed by atoms with Gasteiger partial charge in [0.2, 0.25) is 0 Å². The third-order valence-corrected chi connectivity index (χ3v) is 5.22. The quantitative estimate of drug-likeness (QED) is 0.354. The van der Waals surface area contributed by atoms with Crippen LogP contribution in [-0.4, -0.2) is 23.4 Å². The molecule has 0 unspecified atom stereocenters. The predicted molar refractivity (Wildman–Crippen MR) is 130 cm³/mol. The standard InChI is InChI=1S/C28H42O3/c1-21(2)29-25-15-11-9-13-23(25)17-19-27(5,6)31-28(7,8)20-18-24-14-10-12-16-26(24)30-22(3)4/h9-16,21-22H,17-20H2,1-8H3. The highest BCUT2D eigenvalue weighted by Crippen LogP contribution is 2.31. The number of para-hydroxylation sites is 2. The molecule has 3 nitrogen and oxygen atoms in total. The Bertz CT molecular complexity index is 738. The van der Waals surface area contributed by atoms with Crippen molar-refractivity contribution in [1.82, 2.24) is 0 Å². The van der Waals surface area contributed by atoms with Gasteiger partial charge in [-0.15, -0.1) is 0 Å². The number of hydrogen-bond donors (Lipinski definition) is 0. The third kappa shape index (κ3) is 8.95. The molecule has 0 aliphatic carbocycles. The van der Waals surface area contributed by atoms with Gasteiger partial charge in [0, 0.05) is 0 Å². The molecular weight excluding hydrogens is 384 g/mol. The topological polar surface area (TPSA) is 27.7 Å². The Kier molecular flexibility index (Phi) is 9.00. The van der Waals surface area contributed by atoms with Gasteiger partial charge in [-0.2, -0.15) is 0 Å². The van der Waals surface area contributed by atoms with Gasteiger partial charge in [-0.05, 0) is 104 Å². The SMILES string of the molecule is CC(C)Oc1ccccc1CCC(C)(C)OC(C)(C)CCc1ccccc1OC(C)C. The zero-order chi connectivity index (χ0) is 23.1. The van der Waals surface area contributed by atoms with Crippen LogP contribution in [0.5, 0.6) is 11.5 Å². The Morgan fingerprint density at radius 1 is 0.613 bits per heavy atom. The number of benzene rings is 2. The van der Waals surface area contributed by atoms with Gasteiger partial charge in [-0.3, -0.25) is 0 Å². The molecule has 3 heteroatoms. The smallest absolute Gasteiger partial charge is 0.122 e. The molecule has 2 aromatic rings. The van der Waals surface area contributed by atoms with E-state index in [2.05, 4.69) is 91.8 Å². The predicted octanol–water partition coefficient (Wildman–Crippen LogP) is 7.40. The van der Waals surface area contributed by atoms with E-state index < -0.39 is 0 Å². The molecule has 0 amide bonds. The van der Waals surface area contributed by atoms with Gasteiger partial charge in [0.05, 0.1) is 23.4 Å². The molecule has 2 rings (SSSR count). The van der Waals surface area contributed by atoms with Crippen molar-refractivity contribution in [3.05, 3.63) is 59.7 Å². The first-order valence-electron chi connectivity index (χ1n) is 11.7. The molecule has 0 heterocycles. The first-order valence-corrected chi connectivity index (χ1v) is 11.7. The summed E-state index contributed by atoms with van der Waals surface area (Å²) in [6.45, 7) is 17.0. The Morgan fingerprint density at radius 2 is 0.968 bits per heavy atom. The van der Waals surface area contributed by atoms with Crippen LogP contribution in [-0.2, 0) is 17.6 Å². The Labute approximate surface area is 190 Å². The Morgan fingerprint density at radius 3 is 1.32 bits per heavy atom. The zero-order valence-electron chi connectivity index (χ0n) is 20.8. The average molecular weight is 427 g/mol. The second kappa shape index (κ2) is 11.0. The molecular formula is C28H42O3. The largest absolute Gasteiger partial charge is 0.491 e. The van der Waals surface area contributed by atoms with Crippen LogP contribution in [0.3, 0.4) is 0 Å². The van der Waals surface area contributed by atoms with E-state index in [-0.39, 0.29) is 23.4 Å². The lowest BCUT2D eigenvalue weighted by Crippen LogP contribution is -2.37. The van der Waals surface area contributed by atoms with Gasteiger partial charge >= 0.3 is 0 Å². The van der Waals surface area contributed by atoms with E-state index in [1.165, 1.54) is 11.1 Å². The van der Waals surface area contributed by atoms with Gasteiger partial charge in [0.25, 0.3) is 0 Å². The summed E-state index contributed by atoms with van der Waals surface area (Å²) in [7, 11) is 0. The molecule has 2 aromatic carbocycles. The van der Waals surface area contributed by atoms with E-state index in [1.54, 1.807) is 0 Å². The Hall–Kier alpha value is -2.00. The van der Waals surface area contributed by atoms with Crippen LogP contribution in [0.15, 0.2) is 48.5 Å². The fourth-order valence-corrected chi connectivity index (χ4v) is 3.88. The lowest BCUT2D eigenvalue weighted by atomic mass is 9.93. The molecule has 0 spiro atoms. The fourth-order valence-electron chi connectivity index (χ4n) is 3.88. The molecule has 0 saturated carbocycles. The van der Waals surface area contributed by atoms with Gasteiger partial charge in [-0.25, -0.2) is 0 Å². The molecule has 0 atom stereocenters. The number of hydrogen-bond acceptors (Lipinski definition) is 3. The fraction of sp³-hybridized carbons (Fsp3) is 0.571. The monoisotopic (exact) mass is 426 g/mol. The van der Waals surface area contributed by atoms with E-state index in [0.717, 1.165) is 37.2 Å². The molecule has 0 radical (unpaired) electrons. The molecule has 0 aromatic heterocycles. The first-order chi connectivity index (χ1) is 14.5. The Balaban J connectivity index is 1.96. The number of aryl methyl sites for hydroxylation is 2. The van der Waals surface area contributed by atoms with Gasteiger partial charge < -0.3 is 14.2 Å². The maximum Gasteiger partial charge on any atom is 0.122 e. The van der Waals surface area contributed by atoms with Gasteiger partial charge in [0.1, 0.15) is 11.5 Å².